The first kappa shape index (κ1) is 28.7. The highest BCUT2D eigenvalue weighted by Gasteiger charge is 2.27. The quantitative estimate of drug-likeness (QED) is 0.374. The number of nitrogens with one attached hydrogen (secondary N) is 1. The van der Waals surface area contributed by atoms with Crippen LogP contribution in [0.25, 0.3) is 5.65 Å². The summed E-state index contributed by atoms with van der Waals surface area (Å²) < 4.78 is 8.00. The maximum atomic E-state index is 13.1. The number of hydrogen-bond acceptors (Lipinski definition) is 8. The van der Waals surface area contributed by atoms with Crippen molar-refractivity contribution in [1.82, 2.24) is 29.4 Å². The van der Waals surface area contributed by atoms with Crippen molar-refractivity contribution in [2.75, 3.05) is 38.5 Å². The van der Waals surface area contributed by atoms with E-state index < -0.39 is 0 Å². The van der Waals surface area contributed by atoms with E-state index in [0.29, 0.717) is 38.0 Å². The highest BCUT2D eigenvalue weighted by atomic mass is 16.5. The molecule has 10 heteroatoms. The second-order valence-electron chi connectivity index (χ2n) is 11.6. The van der Waals surface area contributed by atoms with E-state index in [4.69, 9.17) is 14.7 Å². The van der Waals surface area contributed by atoms with Crippen LogP contribution in [0.2, 0.25) is 0 Å². The molecule has 1 N–H and O–H groups in total. The number of ether oxygens (including phenoxy) is 1. The smallest absolute Gasteiger partial charge is 0.322 e. The van der Waals surface area contributed by atoms with Gasteiger partial charge in [-0.25, -0.2) is 0 Å². The Hall–Kier alpha value is -3.79. The largest absolute Gasteiger partial charge is 0.460 e. The fourth-order valence-corrected chi connectivity index (χ4v) is 5.65. The zero-order chi connectivity index (χ0) is 28.9. The summed E-state index contributed by atoms with van der Waals surface area (Å²) in [5.74, 6) is 0.753. The number of nitrogens with zero attached hydrogens (tertiary/aromatic N) is 6. The molecule has 0 radical (unpaired) electrons. The lowest BCUT2D eigenvalue weighted by Gasteiger charge is -2.31. The van der Waals surface area contributed by atoms with Gasteiger partial charge in [0.25, 0.3) is 0 Å². The average molecular weight is 560 g/mol. The van der Waals surface area contributed by atoms with Crippen LogP contribution in [0, 0.1) is 5.92 Å². The van der Waals surface area contributed by atoms with Crippen molar-refractivity contribution in [3.63, 3.8) is 0 Å². The summed E-state index contributed by atoms with van der Waals surface area (Å²) in [7, 11) is 2.13. The van der Waals surface area contributed by atoms with E-state index in [0.717, 1.165) is 61.1 Å². The van der Waals surface area contributed by atoms with Crippen LogP contribution in [0.5, 0.6) is 6.01 Å². The Labute approximate surface area is 241 Å². The van der Waals surface area contributed by atoms with E-state index in [9.17, 15) is 9.59 Å². The van der Waals surface area contributed by atoms with Gasteiger partial charge in [-0.2, -0.15) is 19.6 Å². The number of carbonyl (C=O) groups excluding carboxylic acids is 2. The summed E-state index contributed by atoms with van der Waals surface area (Å²) in [6.45, 7) is 11.5. The van der Waals surface area contributed by atoms with Crippen LogP contribution in [-0.2, 0) is 22.6 Å². The zero-order valence-corrected chi connectivity index (χ0v) is 24.4. The Balaban J connectivity index is 1.28. The van der Waals surface area contributed by atoms with Crippen LogP contribution in [0.15, 0.2) is 43.1 Å². The van der Waals surface area contributed by atoms with Gasteiger partial charge in [0.15, 0.2) is 5.65 Å². The standard InChI is InChI=1S/C31H41N7O3/c1-5-28(40)37-13-7-10-24(20-37)27(39)17-22-8-6-9-23(16-22)18-32-30-35-31(41-25-11-14-36(4)15-12-25)34-29-26(21(2)3)19-33-38(29)30/h5-6,8-9,16,19,21,24-25H,1,7,10-15,17-18,20H2,2-4H3,(H,32,34,35). The molecule has 1 aromatic carbocycles. The van der Waals surface area contributed by atoms with E-state index in [1.54, 1.807) is 9.42 Å². The minimum atomic E-state index is -0.137. The lowest BCUT2D eigenvalue weighted by molar-refractivity contribution is -0.130. The molecule has 0 saturated carbocycles. The molecule has 0 bridgehead atoms. The summed E-state index contributed by atoms with van der Waals surface area (Å²) in [6, 6.07) is 8.41. The third-order valence-electron chi connectivity index (χ3n) is 8.12. The summed E-state index contributed by atoms with van der Waals surface area (Å²) in [5, 5.41) is 8.00. The second-order valence-corrected chi connectivity index (χ2v) is 11.6. The predicted molar refractivity (Wildman–Crippen MR) is 158 cm³/mol. The number of carbonyl (C=O) groups is 2. The monoisotopic (exact) mass is 559 g/mol. The number of piperidine rings is 2. The normalized spacial score (nSPS) is 18.5. The number of aromatic nitrogens is 4. The van der Waals surface area contributed by atoms with Gasteiger partial charge in [-0.3, -0.25) is 9.59 Å². The van der Waals surface area contributed by atoms with Crippen LogP contribution in [0.3, 0.4) is 0 Å². The number of hydrogen-bond donors (Lipinski definition) is 1. The maximum absolute atomic E-state index is 13.1. The molecule has 2 saturated heterocycles. The molecule has 2 fully saturated rings. The minimum absolute atomic E-state index is 0.0901. The average Bonchev–Trinajstić information content (AvgIpc) is 3.41. The van der Waals surface area contributed by atoms with Gasteiger partial charge in [-0.15, -0.1) is 0 Å². The fraction of sp³-hybridized carbons (Fsp3) is 0.516. The molecule has 218 valence electrons. The summed E-state index contributed by atoms with van der Waals surface area (Å²) in [5.41, 5.74) is 3.78. The summed E-state index contributed by atoms with van der Waals surface area (Å²) in [6.07, 6.45) is 7.15. The second kappa shape index (κ2) is 12.8. The lowest BCUT2D eigenvalue weighted by atomic mass is 9.90. The molecule has 3 aromatic rings. The van der Waals surface area contributed by atoms with Gasteiger partial charge in [0, 0.05) is 50.6 Å². The van der Waals surface area contributed by atoms with Gasteiger partial charge in [-0.05, 0) is 55.9 Å². The molecule has 1 unspecified atom stereocenters. The molecule has 1 amide bonds. The van der Waals surface area contributed by atoms with Gasteiger partial charge >= 0.3 is 6.01 Å². The molecular weight excluding hydrogens is 518 g/mol. The summed E-state index contributed by atoms with van der Waals surface area (Å²) >= 11 is 0. The van der Waals surface area contributed by atoms with Gasteiger partial charge in [-0.1, -0.05) is 44.7 Å². The highest BCUT2D eigenvalue weighted by Crippen LogP contribution is 2.25. The first-order valence-electron chi connectivity index (χ1n) is 14.7. The molecule has 2 aromatic heterocycles. The van der Waals surface area contributed by atoms with E-state index in [1.807, 2.05) is 24.4 Å². The number of amides is 1. The minimum Gasteiger partial charge on any atom is -0.460 e. The topological polar surface area (TPSA) is 105 Å². The SMILES string of the molecule is C=CC(=O)N1CCCC(C(=O)Cc2cccc(CNc3nc(OC4CCN(C)CC4)nc4c(C(C)C)cnn34)c2)C1. The van der Waals surface area contributed by atoms with Gasteiger partial charge in [0.05, 0.1) is 6.20 Å². The van der Waals surface area contributed by atoms with E-state index in [-0.39, 0.29) is 29.6 Å². The number of ketones is 1. The first-order chi connectivity index (χ1) is 19.8. The van der Waals surface area contributed by atoms with E-state index in [1.165, 1.54) is 6.08 Å². The molecule has 5 rings (SSSR count). The van der Waals surface area contributed by atoms with E-state index >= 15 is 0 Å². The fourth-order valence-electron chi connectivity index (χ4n) is 5.65. The molecular formula is C31H41N7O3. The van der Waals surface area contributed by atoms with Crippen LogP contribution in [0.4, 0.5) is 5.95 Å². The molecule has 4 heterocycles. The summed E-state index contributed by atoms with van der Waals surface area (Å²) in [4.78, 5) is 38.6. The number of Topliss-reactive ketones (excluding diaryl/α,β-unsaturated/α-hetero) is 1. The van der Waals surface area contributed by atoms with Gasteiger partial charge < -0.3 is 19.9 Å². The van der Waals surface area contributed by atoms with Crippen molar-refractivity contribution in [1.29, 1.82) is 0 Å². The highest BCUT2D eigenvalue weighted by molar-refractivity contribution is 5.88. The van der Waals surface area contributed by atoms with Crippen molar-refractivity contribution in [3.05, 3.63) is 59.8 Å². The predicted octanol–water partition coefficient (Wildman–Crippen LogP) is 3.87. The zero-order valence-electron chi connectivity index (χ0n) is 24.4. The lowest BCUT2D eigenvalue weighted by Crippen LogP contribution is -2.41. The molecule has 41 heavy (non-hydrogen) atoms. The van der Waals surface area contributed by atoms with Crippen molar-refractivity contribution in [2.45, 2.75) is 64.5 Å². The van der Waals surface area contributed by atoms with Crippen LogP contribution < -0.4 is 10.1 Å². The van der Waals surface area contributed by atoms with Crippen molar-refractivity contribution < 1.29 is 14.3 Å². The Morgan fingerprint density at radius 3 is 2.68 bits per heavy atom. The van der Waals surface area contributed by atoms with Gasteiger partial charge in [0.1, 0.15) is 11.9 Å². The first-order valence-corrected chi connectivity index (χ1v) is 14.7. The number of fused-ring (bicyclic) bond motifs is 1. The van der Waals surface area contributed by atoms with Crippen molar-refractivity contribution >= 4 is 23.3 Å². The molecule has 0 spiro atoms. The third-order valence-corrected chi connectivity index (χ3v) is 8.12. The molecule has 2 aliphatic rings. The number of anilines is 1. The Morgan fingerprint density at radius 1 is 1.15 bits per heavy atom. The third kappa shape index (κ3) is 6.93. The van der Waals surface area contributed by atoms with Crippen LogP contribution in [0.1, 0.15) is 62.1 Å². The molecule has 0 aliphatic carbocycles. The molecule has 1 atom stereocenters. The van der Waals surface area contributed by atoms with E-state index in [2.05, 4.69) is 48.9 Å². The molecule has 2 aliphatic heterocycles. The Bertz CT molecular complexity index is 1390. The Morgan fingerprint density at radius 2 is 1.93 bits per heavy atom. The van der Waals surface area contributed by atoms with Crippen molar-refractivity contribution in [3.8, 4) is 6.01 Å². The van der Waals surface area contributed by atoms with Crippen LogP contribution >= 0.6 is 0 Å². The number of likely N-dealkylation sites (tertiary alicyclic amines) is 2. The molecule has 10 nitrogen and oxygen atoms in total. The van der Waals surface area contributed by atoms with Gasteiger partial charge in [0.2, 0.25) is 11.9 Å². The Kier molecular flexibility index (Phi) is 8.97. The van der Waals surface area contributed by atoms with Crippen LogP contribution in [-0.4, -0.2) is 80.4 Å². The van der Waals surface area contributed by atoms with Crippen molar-refractivity contribution in [2.24, 2.45) is 5.92 Å². The maximum Gasteiger partial charge on any atom is 0.322 e. The number of benzene rings is 1. The number of rotatable bonds is 10.